The van der Waals surface area contributed by atoms with Crippen molar-refractivity contribution < 1.29 is 23.1 Å². The predicted octanol–water partition coefficient (Wildman–Crippen LogP) is 3.29. The van der Waals surface area contributed by atoms with Crippen molar-refractivity contribution in [3.8, 4) is 0 Å². The van der Waals surface area contributed by atoms with E-state index in [0.29, 0.717) is 0 Å². The molecular formula is C20H28F2N2O3. The molecule has 0 aliphatic carbocycles. The number of para-hydroxylation sites is 1. The van der Waals surface area contributed by atoms with Crippen molar-refractivity contribution >= 4 is 17.5 Å². The molecule has 0 radical (unpaired) electrons. The average Bonchev–Trinajstić information content (AvgIpc) is 3.05. The van der Waals surface area contributed by atoms with E-state index in [0.717, 1.165) is 22.6 Å². The number of alkyl halides is 2. The highest BCUT2D eigenvalue weighted by molar-refractivity contribution is 6.00. The van der Waals surface area contributed by atoms with Gasteiger partial charge >= 0.3 is 0 Å². The lowest BCUT2D eigenvalue weighted by Gasteiger charge is -2.26. The van der Waals surface area contributed by atoms with Crippen LogP contribution in [0.3, 0.4) is 0 Å². The van der Waals surface area contributed by atoms with E-state index in [1.54, 1.807) is 4.90 Å². The molecule has 7 heteroatoms. The van der Waals surface area contributed by atoms with Gasteiger partial charge in [0.2, 0.25) is 11.8 Å². The lowest BCUT2D eigenvalue weighted by molar-refractivity contribution is -0.138. The number of nitrogens with zero attached hydrogens (tertiary/aromatic N) is 2. The zero-order chi connectivity index (χ0) is 20.0. The summed E-state index contributed by atoms with van der Waals surface area (Å²) in [5.41, 5.74) is 1.87. The summed E-state index contributed by atoms with van der Waals surface area (Å²) in [7, 11) is 1.46. The number of hydrogen-bond donors (Lipinski definition) is 0. The van der Waals surface area contributed by atoms with E-state index in [4.69, 9.17) is 4.74 Å². The van der Waals surface area contributed by atoms with Crippen LogP contribution in [0.2, 0.25) is 0 Å². The normalized spacial score (nSPS) is 18.2. The van der Waals surface area contributed by atoms with Crippen molar-refractivity contribution in [1.29, 1.82) is 0 Å². The van der Waals surface area contributed by atoms with Gasteiger partial charge in [-0.05, 0) is 24.0 Å². The molecule has 0 saturated carbocycles. The first-order valence-corrected chi connectivity index (χ1v) is 9.34. The third-order valence-electron chi connectivity index (χ3n) is 5.08. The van der Waals surface area contributed by atoms with Gasteiger partial charge in [-0.3, -0.25) is 9.59 Å². The second-order valence-electron chi connectivity index (χ2n) is 6.94. The molecule has 1 aromatic rings. The SMILES string of the molecule is CCC(C)c1ccccc1N1CC(C(=O)N(CCOC)CC(F)F)CC1=O. The zero-order valence-electron chi connectivity index (χ0n) is 16.2. The highest BCUT2D eigenvalue weighted by Gasteiger charge is 2.38. The number of hydrogen-bond acceptors (Lipinski definition) is 3. The summed E-state index contributed by atoms with van der Waals surface area (Å²) in [4.78, 5) is 28.1. The van der Waals surface area contributed by atoms with Crippen LogP contribution in [0.5, 0.6) is 0 Å². The highest BCUT2D eigenvalue weighted by Crippen LogP contribution is 2.33. The van der Waals surface area contributed by atoms with E-state index in [2.05, 4.69) is 13.8 Å². The first-order chi connectivity index (χ1) is 12.9. The number of carbonyl (C=O) groups excluding carboxylic acids is 2. The molecule has 1 saturated heterocycles. The summed E-state index contributed by atoms with van der Waals surface area (Å²) in [5.74, 6) is -0.893. The lowest BCUT2D eigenvalue weighted by Crippen LogP contribution is -2.42. The van der Waals surface area contributed by atoms with Crippen molar-refractivity contribution in [2.45, 2.75) is 39.0 Å². The molecule has 5 nitrogen and oxygen atoms in total. The first-order valence-electron chi connectivity index (χ1n) is 9.34. The molecule has 2 rings (SSSR count). The number of carbonyl (C=O) groups is 2. The van der Waals surface area contributed by atoms with Crippen molar-refractivity contribution in [3.63, 3.8) is 0 Å². The molecule has 1 aliphatic heterocycles. The van der Waals surface area contributed by atoms with Crippen LogP contribution in [-0.4, -0.2) is 56.5 Å². The fraction of sp³-hybridized carbons (Fsp3) is 0.600. The van der Waals surface area contributed by atoms with Gasteiger partial charge in [-0.2, -0.15) is 0 Å². The minimum absolute atomic E-state index is 0.0421. The molecule has 0 aromatic heterocycles. The van der Waals surface area contributed by atoms with Crippen molar-refractivity contribution in [3.05, 3.63) is 29.8 Å². The van der Waals surface area contributed by atoms with Crippen LogP contribution < -0.4 is 4.90 Å². The van der Waals surface area contributed by atoms with Gasteiger partial charge in [-0.25, -0.2) is 8.78 Å². The van der Waals surface area contributed by atoms with Crippen LogP contribution in [0, 0.1) is 5.92 Å². The number of methoxy groups -OCH3 is 1. The molecule has 0 bridgehead atoms. The van der Waals surface area contributed by atoms with Crippen LogP contribution in [0.1, 0.15) is 38.2 Å². The Balaban J connectivity index is 2.18. The lowest BCUT2D eigenvalue weighted by atomic mass is 9.96. The zero-order valence-corrected chi connectivity index (χ0v) is 16.2. The second kappa shape index (κ2) is 9.78. The molecule has 150 valence electrons. The smallest absolute Gasteiger partial charge is 0.255 e. The van der Waals surface area contributed by atoms with Gasteiger partial charge in [0.25, 0.3) is 6.43 Å². The molecule has 1 heterocycles. The molecule has 2 amide bonds. The Labute approximate surface area is 159 Å². The molecule has 2 unspecified atom stereocenters. The van der Waals surface area contributed by atoms with Crippen LogP contribution in [0.4, 0.5) is 14.5 Å². The van der Waals surface area contributed by atoms with E-state index in [1.807, 2.05) is 24.3 Å². The number of anilines is 1. The summed E-state index contributed by atoms with van der Waals surface area (Å²) in [5, 5.41) is 0. The Hall–Kier alpha value is -2.02. The topological polar surface area (TPSA) is 49.9 Å². The Bertz CT molecular complexity index is 654. The monoisotopic (exact) mass is 382 g/mol. The maximum absolute atomic E-state index is 12.8. The number of benzene rings is 1. The van der Waals surface area contributed by atoms with Gasteiger partial charge in [0.05, 0.1) is 19.1 Å². The Morgan fingerprint density at radius 2 is 2.07 bits per heavy atom. The van der Waals surface area contributed by atoms with E-state index >= 15 is 0 Å². The highest BCUT2D eigenvalue weighted by atomic mass is 19.3. The maximum atomic E-state index is 12.8. The van der Waals surface area contributed by atoms with Gasteiger partial charge in [0.1, 0.15) is 0 Å². The molecule has 1 aromatic carbocycles. The summed E-state index contributed by atoms with van der Waals surface area (Å²) in [6.45, 7) is 4.02. The number of amides is 2. The summed E-state index contributed by atoms with van der Waals surface area (Å²) >= 11 is 0. The molecule has 0 spiro atoms. The number of halogens is 2. The maximum Gasteiger partial charge on any atom is 0.255 e. The second-order valence-corrected chi connectivity index (χ2v) is 6.94. The van der Waals surface area contributed by atoms with Gasteiger partial charge in [0.15, 0.2) is 0 Å². The fourth-order valence-electron chi connectivity index (χ4n) is 3.39. The third kappa shape index (κ3) is 5.25. The van der Waals surface area contributed by atoms with Crippen molar-refractivity contribution in [2.75, 3.05) is 38.3 Å². The standard InChI is InChI=1S/C20H28F2N2O3/c1-4-14(2)16-7-5-6-8-17(16)24-12-15(11-19(24)25)20(26)23(9-10-27-3)13-18(21)22/h5-8,14-15,18H,4,9-13H2,1-3H3. The molecular weight excluding hydrogens is 354 g/mol. The van der Waals surface area contributed by atoms with Gasteiger partial charge in [0, 0.05) is 32.3 Å². The Kier molecular flexibility index (Phi) is 7.71. The average molecular weight is 382 g/mol. The van der Waals surface area contributed by atoms with Crippen molar-refractivity contribution in [1.82, 2.24) is 4.90 Å². The van der Waals surface area contributed by atoms with Crippen LogP contribution in [-0.2, 0) is 14.3 Å². The summed E-state index contributed by atoms with van der Waals surface area (Å²) < 4.78 is 30.6. The van der Waals surface area contributed by atoms with Gasteiger partial charge < -0.3 is 14.5 Å². The minimum atomic E-state index is -2.62. The Morgan fingerprint density at radius 3 is 2.70 bits per heavy atom. The fourth-order valence-corrected chi connectivity index (χ4v) is 3.39. The van der Waals surface area contributed by atoms with Gasteiger partial charge in [-0.15, -0.1) is 0 Å². The van der Waals surface area contributed by atoms with Crippen LogP contribution in [0.15, 0.2) is 24.3 Å². The largest absolute Gasteiger partial charge is 0.383 e. The Morgan fingerprint density at radius 1 is 1.37 bits per heavy atom. The molecule has 1 aliphatic rings. The molecule has 1 fully saturated rings. The molecule has 0 N–H and O–H groups in total. The van der Waals surface area contributed by atoms with Crippen LogP contribution >= 0.6 is 0 Å². The quantitative estimate of drug-likeness (QED) is 0.659. The number of ether oxygens (including phenoxy) is 1. The molecule has 2 atom stereocenters. The van der Waals surface area contributed by atoms with E-state index in [-0.39, 0.29) is 37.9 Å². The summed E-state index contributed by atoms with van der Waals surface area (Å²) in [6.07, 6.45) is -1.65. The van der Waals surface area contributed by atoms with E-state index in [9.17, 15) is 18.4 Å². The predicted molar refractivity (Wildman–Crippen MR) is 100 cm³/mol. The van der Waals surface area contributed by atoms with E-state index < -0.39 is 24.8 Å². The van der Waals surface area contributed by atoms with Gasteiger partial charge in [-0.1, -0.05) is 32.0 Å². The van der Waals surface area contributed by atoms with Crippen LogP contribution in [0.25, 0.3) is 0 Å². The minimum Gasteiger partial charge on any atom is -0.383 e. The summed E-state index contributed by atoms with van der Waals surface area (Å²) in [6, 6.07) is 7.68. The first kappa shape index (κ1) is 21.3. The third-order valence-corrected chi connectivity index (χ3v) is 5.08. The van der Waals surface area contributed by atoms with Crippen molar-refractivity contribution in [2.24, 2.45) is 5.92 Å². The molecule has 27 heavy (non-hydrogen) atoms. The van der Waals surface area contributed by atoms with E-state index in [1.165, 1.54) is 7.11 Å². The number of rotatable bonds is 9.